The molecule has 0 aliphatic carbocycles. The van der Waals surface area contributed by atoms with Crippen molar-refractivity contribution in [3.05, 3.63) is 0 Å². The van der Waals surface area contributed by atoms with Gasteiger partial charge in [-0.25, -0.2) is 4.79 Å². The van der Waals surface area contributed by atoms with E-state index in [0.29, 0.717) is 13.1 Å². The van der Waals surface area contributed by atoms with Gasteiger partial charge in [-0.3, -0.25) is 4.79 Å². The Kier molecular flexibility index (Phi) is 6.71. The van der Waals surface area contributed by atoms with Crippen LogP contribution in [-0.2, 0) is 4.79 Å². The first kappa shape index (κ1) is 15.2. The molecule has 0 fully saturated rings. The van der Waals surface area contributed by atoms with Gasteiger partial charge in [-0.2, -0.15) is 5.26 Å². The third-order valence-electron chi connectivity index (χ3n) is 2.44. The minimum absolute atomic E-state index is 0.164. The van der Waals surface area contributed by atoms with Crippen molar-refractivity contribution in [2.45, 2.75) is 20.3 Å². The molecular weight excluding hydrogens is 222 g/mol. The zero-order chi connectivity index (χ0) is 13.4. The van der Waals surface area contributed by atoms with E-state index >= 15 is 0 Å². The summed E-state index contributed by atoms with van der Waals surface area (Å²) in [5.41, 5.74) is 0. The first-order valence-corrected chi connectivity index (χ1v) is 5.53. The van der Waals surface area contributed by atoms with E-state index in [0.717, 1.165) is 0 Å². The van der Waals surface area contributed by atoms with Crippen molar-refractivity contribution in [3.8, 4) is 6.07 Å². The molecule has 6 nitrogen and oxygen atoms in total. The van der Waals surface area contributed by atoms with Crippen LogP contribution >= 0.6 is 0 Å². The first-order valence-electron chi connectivity index (χ1n) is 5.53. The van der Waals surface area contributed by atoms with Crippen LogP contribution in [0.1, 0.15) is 20.3 Å². The number of nitriles is 1. The van der Waals surface area contributed by atoms with Gasteiger partial charge in [0, 0.05) is 26.7 Å². The molecule has 0 aromatic rings. The maximum atomic E-state index is 11.9. The van der Waals surface area contributed by atoms with Crippen molar-refractivity contribution in [2.24, 2.45) is 5.92 Å². The Hall–Kier alpha value is -1.77. The monoisotopic (exact) mass is 241 g/mol. The lowest BCUT2D eigenvalue weighted by Gasteiger charge is -2.27. The molecule has 0 rings (SSSR count). The standard InChI is InChI=1S/C11H19N3O3/c1-4-14(7-5-6-12)11(17)13(3)8-9(2)10(15)16/h9H,4-5,7-8H2,1-3H3,(H,15,16). The van der Waals surface area contributed by atoms with Gasteiger partial charge in [0.1, 0.15) is 0 Å². The van der Waals surface area contributed by atoms with E-state index in [1.807, 2.05) is 13.0 Å². The highest BCUT2D eigenvalue weighted by Crippen LogP contribution is 2.03. The van der Waals surface area contributed by atoms with Gasteiger partial charge in [0.15, 0.2) is 0 Å². The number of carboxylic acid groups (broad SMARTS) is 1. The summed E-state index contributed by atoms with van der Waals surface area (Å²) in [5.74, 6) is -1.52. The number of hydrogen-bond donors (Lipinski definition) is 1. The number of carbonyl (C=O) groups is 2. The molecule has 6 heteroatoms. The molecule has 96 valence electrons. The lowest BCUT2D eigenvalue weighted by Crippen LogP contribution is -2.43. The highest BCUT2D eigenvalue weighted by molar-refractivity contribution is 5.75. The molecule has 0 aliphatic rings. The molecule has 1 atom stereocenters. The van der Waals surface area contributed by atoms with E-state index in [2.05, 4.69) is 0 Å². The summed E-state index contributed by atoms with van der Waals surface area (Å²) in [6, 6.07) is 1.74. The van der Waals surface area contributed by atoms with Crippen molar-refractivity contribution in [1.29, 1.82) is 5.26 Å². The molecule has 1 N–H and O–H groups in total. The number of hydrogen-bond acceptors (Lipinski definition) is 3. The molecule has 0 radical (unpaired) electrons. The van der Waals surface area contributed by atoms with Gasteiger partial charge in [0.2, 0.25) is 0 Å². The minimum atomic E-state index is -0.926. The van der Waals surface area contributed by atoms with Crippen molar-refractivity contribution < 1.29 is 14.7 Å². The molecule has 0 aromatic heterocycles. The van der Waals surface area contributed by atoms with E-state index in [1.165, 1.54) is 9.80 Å². The smallest absolute Gasteiger partial charge is 0.319 e. The summed E-state index contributed by atoms with van der Waals surface area (Å²) in [7, 11) is 1.57. The van der Waals surface area contributed by atoms with Gasteiger partial charge in [-0.05, 0) is 6.92 Å². The molecule has 17 heavy (non-hydrogen) atoms. The van der Waals surface area contributed by atoms with E-state index in [1.54, 1.807) is 14.0 Å². The van der Waals surface area contributed by atoms with E-state index in [-0.39, 0.29) is 19.0 Å². The van der Waals surface area contributed by atoms with Gasteiger partial charge < -0.3 is 14.9 Å². The van der Waals surface area contributed by atoms with E-state index < -0.39 is 11.9 Å². The topological polar surface area (TPSA) is 84.6 Å². The predicted molar refractivity (Wildman–Crippen MR) is 62.3 cm³/mol. The van der Waals surface area contributed by atoms with Gasteiger partial charge in [0.25, 0.3) is 0 Å². The fraction of sp³-hybridized carbons (Fsp3) is 0.727. The zero-order valence-electron chi connectivity index (χ0n) is 10.5. The van der Waals surface area contributed by atoms with E-state index in [9.17, 15) is 9.59 Å². The summed E-state index contributed by atoms with van der Waals surface area (Å²) in [5, 5.41) is 17.2. The fourth-order valence-electron chi connectivity index (χ4n) is 1.38. The average Bonchev–Trinajstić information content (AvgIpc) is 2.29. The normalized spacial score (nSPS) is 11.4. The maximum absolute atomic E-state index is 11.9. The van der Waals surface area contributed by atoms with Crippen LogP contribution in [0.5, 0.6) is 0 Å². The third kappa shape index (κ3) is 5.20. The summed E-state index contributed by atoms with van der Waals surface area (Å²) in [6.45, 7) is 4.42. The average molecular weight is 241 g/mol. The Balaban J connectivity index is 4.36. The highest BCUT2D eigenvalue weighted by atomic mass is 16.4. The number of carbonyl (C=O) groups excluding carboxylic acids is 1. The second kappa shape index (κ2) is 7.49. The number of aliphatic carboxylic acids is 1. The Bertz CT molecular complexity index is 312. The molecular formula is C11H19N3O3. The van der Waals surface area contributed by atoms with Crippen molar-refractivity contribution in [3.63, 3.8) is 0 Å². The quantitative estimate of drug-likeness (QED) is 0.751. The second-order valence-corrected chi connectivity index (χ2v) is 3.89. The SMILES string of the molecule is CCN(CCC#N)C(=O)N(C)CC(C)C(=O)O. The second-order valence-electron chi connectivity index (χ2n) is 3.89. The Morgan fingerprint density at radius 3 is 2.47 bits per heavy atom. The predicted octanol–water partition coefficient (Wildman–Crippen LogP) is 0.994. The Morgan fingerprint density at radius 1 is 1.47 bits per heavy atom. The number of nitrogens with zero attached hydrogens (tertiary/aromatic N) is 3. The molecule has 0 aromatic carbocycles. The minimum Gasteiger partial charge on any atom is -0.481 e. The van der Waals surface area contributed by atoms with Crippen LogP contribution in [0, 0.1) is 17.2 Å². The van der Waals surface area contributed by atoms with Crippen LogP contribution in [0.15, 0.2) is 0 Å². The lowest BCUT2D eigenvalue weighted by atomic mass is 10.2. The molecule has 2 amide bonds. The van der Waals surface area contributed by atoms with Crippen LogP contribution in [0.4, 0.5) is 4.79 Å². The zero-order valence-corrected chi connectivity index (χ0v) is 10.5. The maximum Gasteiger partial charge on any atom is 0.319 e. The van der Waals surface area contributed by atoms with Gasteiger partial charge in [-0.15, -0.1) is 0 Å². The van der Waals surface area contributed by atoms with Crippen LogP contribution in [0.25, 0.3) is 0 Å². The van der Waals surface area contributed by atoms with Crippen molar-refractivity contribution in [2.75, 3.05) is 26.7 Å². The van der Waals surface area contributed by atoms with Crippen LogP contribution < -0.4 is 0 Å². The van der Waals surface area contributed by atoms with Gasteiger partial charge in [-0.1, -0.05) is 6.92 Å². The first-order chi connectivity index (χ1) is 7.93. The van der Waals surface area contributed by atoms with Crippen molar-refractivity contribution in [1.82, 2.24) is 9.80 Å². The lowest BCUT2D eigenvalue weighted by molar-refractivity contribution is -0.141. The van der Waals surface area contributed by atoms with Gasteiger partial charge in [0.05, 0.1) is 18.4 Å². The molecule has 0 heterocycles. The molecule has 0 aliphatic heterocycles. The summed E-state index contributed by atoms with van der Waals surface area (Å²) in [4.78, 5) is 25.5. The molecule has 0 saturated heterocycles. The van der Waals surface area contributed by atoms with Crippen LogP contribution in [0.2, 0.25) is 0 Å². The largest absolute Gasteiger partial charge is 0.481 e. The van der Waals surface area contributed by atoms with Gasteiger partial charge >= 0.3 is 12.0 Å². The molecule has 0 bridgehead atoms. The molecule has 1 unspecified atom stereocenters. The summed E-state index contributed by atoms with van der Waals surface area (Å²) >= 11 is 0. The number of amides is 2. The summed E-state index contributed by atoms with van der Waals surface area (Å²) in [6.07, 6.45) is 0.280. The van der Waals surface area contributed by atoms with Crippen molar-refractivity contribution >= 4 is 12.0 Å². The van der Waals surface area contributed by atoms with Crippen LogP contribution in [0.3, 0.4) is 0 Å². The highest BCUT2D eigenvalue weighted by Gasteiger charge is 2.20. The fourth-order valence-corrected chi connectivity index (χ4v) is 1.38. The third-order valence-corrected chi connectivity index (χ3v) is 2.44. The molecule has 0 saturated carbocycles. The number of rotatable bonds is 6. The summed E-state index contributed by atoms with van der Waals surface area (Å²) < 4.78 is 0. The van der Waals surface area contributed by atoms with Crippen LogP contribution in [-0.4, -0.2) is 53.6 Å². The van der Waals surface area contributed by atoms with E-state index in [4.69, 9.17) is 10.4 Å². The Labute approximate surface area is 101 Å². The Morgan fingerprint density at radius 2 is 2.06 bits per heavy atom. The number of urea groups is 1. The molecule has 0 spiro atoms. The number of carboxylic acids is 1.